The first-order chi connectivity index (χ1) is 26.8. The molecule has 2 heteroatoms. The fraction of sp³-hybridized carbons (Fsp3) is 0. The summed E-state index contributed by atoms with van der Waals surface area (Å²) in [4.78, 5) is 0. The molecule has 248 valence electrons. The van der Waals surface area contributed by atoms with Crippen LogP contribution < -0.4 is 0 Å². The second-order valence-corrected chi connectivity index (χ2v) is 14.7. The van der Waals surface area contributed by atoms with E-state index in [-0.39, 0.29) is 0 Å². The molecular formula is C52H29NO. The number of hydrogen-bond donors (Lipinski definition) is 0. The molecule has 10 aromatic carbocycles. The lowest BCUT2D eigenvalue weighted by Gasteiger charge is -2.15. The molecule has 0 fully saturated rings. The zero-order chi connectivity index (χ0) is 35.1. The highest BCUT2D eigenvalue weighted by molar-refractivity contribution is 6.44. The van der Waals surface area contributed by atoms with Crippen molar-refractivity contribution < 1.29 is 4.42 Å². The lowest BCUT2D eigenvalue weighted by atomic mass is 9.89. The Morgan fingerprint density at radius 3 is 1.67 bits per heavy atom. The van der Waals surface area contributed by atoms with Gasteiger partial charge in [-0.05, 0) is 90.0 Å². The van der Waals surface area contributed by atoms with E-state index in [0.717, 1.165) is 33.3 Å². The van der Waals surface area contributed by atoms with E-state index in [0.29, 0.717) is 0 Å². The van der Waals surface area contributed by atoms with Gasteiger partial charge in [-0.15, -0.1) is 0 Å². The van der Waals surface area contributed by atoms with E-state index >= 15 is 0 Å². The van der Waals surface area contributed by atoms with Gasteiger partial charge in [0.1, 0.15) is 5.58 Å². The van der Waals surface area contributed by atoms with Crippen molar-refractivity contribution >= 4 is 86.8 Å². The quantitative estimate of drug-likeness (QED) is 0.166. The molecule has 0 spiro atoms. The highest BCUT2D eigenvalue weighted by Gasteiger charge is 2.26. The summed E-state index contributed by atoms with van der Waals surface area (Å²) < 4.78 is 9.50. The largest absolute Gasteiger partial charge is 0.454 e. The minimum absolute atomic E-state index is 0.901. The molecule has 0 radical (unpaired) electrons. The van der Waals surface area contributed by atoms with Crippen molar-refractivity contribution in [3.8, 4) is 39.1 Å². The summed E-state index contributed by atoms with van der Waals surface area (Å²) in [7, 11) is 0. The number of fused-ring (bicyclic) bond motifs is 18. The Bertz CT molecular complexity index is 3590. The van der Waals surface area contributed by atoms with Gasteiger partial charge in [0.05, 0.1) is 11.0 Å². The third-order valence-electron chi connectivity index (χ3n) is 12.1. The zero-order valence-corrected chi connectivity index (χ0v) is 29.1. The van der Waals surface area contributed by atoms with E-state index in [1.54, 1.807) is 0 Å². The van der Waals surface area contributed by atoms with E-state index in [9.17, 15) is 0 Å². The van der Waals surface area contributed by atoms with E-state index in [1.807, 2.05) is 0 Å². The lowest BCUT2D eigenvalue weighted by Crippen LogP contribution is -1.95. The molecule has 1 aliphatic rings. The van der Waals surface area contributed by atoms with Crippen LogP contribution in [0.2, 0.25) is 0 Å². The smallest absolute Gasteiger partial charge is 0.160 e. The Labute approximate surface area is 309 Å². The molecule has 0 N–H and O–H groups in total. The molecule has 12 aromatic rings. The second-order valence-electron chi connectivity index (χ2n) is 14.7. The number of benzene rings is 10. The summed E-state index contributed by atoms with van der Waals surface area (Å²) in [6.45, 7) is 0. The summed E-state index contributed by atoms with van der Waals surface area (Å²) in [5.41, 5.74) is 12.9. The van der Waals surface area contributed by atoms with Gasteiger partial charge in [0, 0.05) is 38.0 Å². The predicted octanol–water partition coefficient (Wildman–Crippen LogP) is 14.6. The van der Waals surface area contributed by atoms with Gasteiger partial charge >= 0.3 is 0 Å². The van der Waals surface area contributed by atoms with Gasteiger partial charge in [-0.1, -0.05) is 152 Å². The molecule has 0 amide bonds. The molecule has 2 nitrogen and oxygen atoms in total. The predicted molar refractivity (Wildman–Crippen MR) is 228 cm³/mol. The van der Waals surface area contributed by atoms with Gasteiger partial charge in [0.15, 0.2) is 5.58 Å². The van der Waals surface area contributed by atoms with Gasteiger partial charge in [0.2, 0.25) is 0 Å². The minimum atomic E-state index is 0.901. The molecule has 0 aliphatic heterocycles. The average molecular weight is 684 g/mol. The summed E-state index contributed by atoms with van der Waals surface area (Å²) in [5.74, 6) is 0. The van der Waals surface area contributed by atoms with Gasteiger partial charge in [-0.25, -0.2) is 0 Å². The van der Waals surface area contributed by atoms with Crippen LogP contribution in [0.4, 0.5) is 0 Å². The van der Waals surface area contributed by atoms with E-state index in [4.69, 9.17) is 4.42 Å². The molecule has 2 aromatic heterocycles. The molecular weight excluding hydrogens is 655 g/mol. The topological polar surface area (TPSA) is 18.1 Å². The molecule has 0 bridgehead atoms. The van der Waals surface area contributed by atoms with Crippen LogP contribution >= 0.6 is 0 Å². The number of rotatable bonds is 2. The SMILES string of the molecule is c1cc(-c2ccc3c4c(cccc24)-c2ccccc2-3)cc(-n2c3ccccc3c3c4c5ccccc5c5ccccc5c4c4c5ccccc5oc4c32)c1. The fourth-order valence-electron chi connectivity index (χ4n) is 9.97. The maximum atomic E-state index is 7.04. The summed E-state index contributed by atoms with van der Waals surface area (Å²) in [6, 6.07) is 64.5. The fourth-order valence-corrected chi connectivity index (χ4v) is 9.97. The van der Waals surface area contributed by atoms with Crippen LogP contribution in [0, 0.1) is 0 Å². The van der Waals surface area contributed by atoms with Crippen molar-refractivity contribution in [2.75, 3.05) is 0 Å². The Morgan fingerprint density at radius 2 is 0.889 bits per heavy atom. The van der Waals surface area contributed by atoms with Crippen molar-refractivity contribution in [1.29, 1.82) is 0 Å². The molecule has 54 heavy (non-hydrogen) atoms. The molecule has 13 rings (SSSR count). The first kappa shape index (κ1) is 28.4. The van der Waals surface area contributed by atoms with Crippen LogP contribution in [0.15, 0.2) is 180 Å². The highest BCUT2D eigenvalue weighted by Crippen LogP contribution is 2.52. The van der Waals surface area contributed by atoms with Crippen molar-refractivity contribution in [2.24, 2.45) is 0 Å². The first-order valence-electron chi connectivity index (χ1n) is 18.7. The number of para-hydroxylation sites is 2. The molecule has 0 atom stereocenters. The van der Waals surface area contributed by atoms with Crippen LogP contribution in [-0.4, -0.2) is 4.57 Å². The maximum absolute atomic E-state index is 7.04. The molecule has 2 heterocycles. The van der Waals surface area contributed by atoms with Crippen LogP contribution in [-0.2, 0) is 0 Å². The molecule has 0 unspecified atom stereocenters. The van der Waals surface area contributed by atoms with Crippen LogP contribution in [0.5, 0.6) is 0 Å². The van der Waals surface area contributed by atoms with Crippen LogP contribution in [0.1, 0.15) is 0 Å². The van der Waals surface area contributed by atoms with Crippen LogP contribution in [0.3, 0.4) is 0 Å². The number of nitrogens with zero attached hydrogens (tertiary/aromatic N) is 1. The maximum Gasteiger partial charge on any atom is 0.160 e. The molecule has 1 aliphatic carbocycles. The standard InChI is InChI=1S/C52H29NO/c1-2-18-36-33(15-1)38-24-12-23-37-32(27-28-41(36)46(37)38)30-13-11-14-31(29-30)53-44-25-9-7-21-42(44)49-47-39-19-5-3-16-34(39)35-17-4-6-20-40(35)48(47)50-43-22-8-10-26-45(43)54-52(50)51(49)53/h1-29H. The van der Waals surface area contributed by atoms with Gasteiger partial charge in [-0.2, -0.15) is 0 Å². The minimum Gasteiger partial charge on any atom is -0.454 e. The van der Waals surface area contributed by atoms with Crippen molar-refractivity contribution in [3.05, 3.63) is 176 Å². The number of aromatic nitrogens is 1. The lowest BCUT2D eigenvalue weighted by molar-refractivity contribution is 0.671. The molecule has 0 saturated heterocycles. The zero-order valence-electron chi connectivity index (χ0n) is 29.1. The number of hydrogen-bond acceptors (Lipinski definition) is 1. The van der Waals surface area contributed by atoms with Crippen molar-refractivity contribution in [2.45, 2.75) is 0 Å². The Morgan fingerprint density at radius 1 is 0.333 bits per heavy atom. The Balaban J connectivity index is 1.19. The highest BCUT2D eigenvalue weighted by atomic mass is 16.3. The monoisotopic (exact) mass is 683 g/mol. The van der Waals surface area contributed by atoms with Crippen molar-refractivity contribution in [1.82, 2.24) is 4.57 Å². The normalized spacial score (nSPS) is 12.4. The van der Waals surface area contributed by atoms with Gasteiger partial charge < -0.3 is 8.98 Å². The number of furan rings is 1. The Kier molecular flexibility index (Phi) is 5.39. The first-order valence-corrected chi connectivity index (χ1v) is 18.7. The summed E-state index contributed by atoms with van der Waals surface area (Å²) in [5, 5.41) is 14.9. The van der Waals surface area contributed by atoms with E-state index < -0.39 is 0 Å². The third kappa shape index (κ3) is 3.50. The Hall–Kier alpha value is -7.16. The van der Waals surface area contributed by atoms with E-state index in [2.05, 4.69) is 180 Å². The van der Waals surface area contributed by atoms with Crippen LogP contribution in [0.25, 0.3) is 126 Å². The summed E-state index contributed by atoms with van der Waals surface area (Å²) >= 11 is 0. The van der Waals surface area contributed by atoms with Gasteiger partial charge in [-0.3, -0.25) is 0 Å². The van der Waals surface area contributed by atoms with Gasteiger partial charge in [0.25, 0.3) is 0 Å². The van der Waals surface area contributed by atoms with Crippen molar-refractivity contribution in [3.63, 3.8) is 0 Å². The van der Waals surface area contributed by atoms with E-state index in [1.165, 1.54) is 92.6 Å². The third-order valence-corrected chi connectivity index (χ3v) is 12.1. The second kappa shape index (κ2) is 10.2. The average Bonchev–Trinajstić information content (AvgIpc) is 3.90. The summed E-state index contributed by atoms with van der Waals surface area (Å²) in [6.07, 6.45) is 0. The molecule has 0 saturated carbocycles.